The van der Waals surface area contributed by atoms with E-state index in [9.17, 15) is 14.7 Å². The van der Waals surface area contributed by atoms with Crippen molar-refractivity contribution in [1.82, 2.24) is 5.32 Å². The highest BCUT2D eigenvalue weighted by Crippen LogP contribution is 2.63. The summed E-state index contributed by atoms with van der Waals surface area (Å²) in [7, 11) is 1.67. The van der Waals surface area contributed by atoms with Crippen molar-refractivity contribution in [2.24, 2.45) is 23.2 Å². The van der Waals surface area contributed by atoms with Gasteiger partial charge in [-0.3, -0.25) is 4.79 Å². The second-order valence-electron chi connectivity index (χ2n) is 11.6. The number of nitrogens with one attached hydrogen (secondary N) is 1. The molecule has 35 heavy (non-hydrogen) atoms. The van der Waals surface area contributed by atoms with Crippen LogP contribution in [0.25, 0.3) is 0 Å². The van der Waals surface area contributed by atoms with Crippen molar-refractivity contribution in [3.8, 4) is 5.75 Å². The maximum absolute atomic E-state index is 13.7. The number of amides is 1. The third kappa shape index (κ3) is 3.93. The van der Waals surface area contributed by atoms with E-state index in [1.54, 1.807) is 13.2 Å². The van der Waals surface area contributed by atoms with Crippen molar-refractivity contribution < 1.29 is 19.4 Å². The smallest absolute Gasteiger partial charge is 0.335 e. The third-order valence-electron chi connectivity index (χ3n) is 9.51. The molecule has 5 rings (SSSR count). The zero-order valence-corrected chi connectivity index (χ0v) is 21.3. The van der Waals surface area contributed by atoms with Gasteiger partial charge in [-0.2, -0.15) is 0 Å². The summed E-state index contributed by atoms with van der Waals surface area (Å²) in [4.78, 5) is 25.2. The number of hydrogen-bond acceptors (Lipinski definition) is 3. The average Bonchev–Trinajstić information content (AvgIpc) is 3.20. The van der Waals surface area contributed by atoms with Gasteiger partial charge in [-0.15, -0.1) is 0 Å². The van der Waals surface area contributed by atoms with Crippen molar-refractivity contribution in [3.63, 3.8) is 0 Å². The largest absolute Gasteiger partial charge is 0.496 e. The number of methoxy groups -OCH3 is 1. The number of aromatic carboxylic acids is 1. The summed E-state index contributed by atoms with van der Waals surface area (Å²) >= 11 is 0. The number of carbonyl (C=O) groups excluding carboxylic acids is 1. The Morgan fingerprint density at radius 2 is 1.86 bits per heavy atom. The fourth-order valence-corrected chi connectivity index (χ4v) is 7.77. The van der Waals surface area contributed by atoms with Crippen LogP contribution < -0.4 is 10.1 Å². The molecule has 3 aliphatic carbocycles. The van der Waals surface area contributed by atoms with Crippen LogP contribution in [-0.2, 0) is 16.8 Å². The van der Waals surface area contributed by atoms with E-state index >= 15 is 0 Å². The fourth-order valence-electron chi connectivity index (χ4n) is 7.77. The maximum Gasteiger partial charge on any atom is 0.335 e. The van der Waals surface area contributed by atoms with E-state index in [1.807, 2.05) is 30.3 Å². The molecule has 2 N–H and O–H groups in total. The van der Waals surface area contributed by atoms with E-state index in [0.717, 1.165) is 49.8 Å². The Bertz CT molecular complexity index is 1150. The van der Waals surface area contributed by atoms with Crippen LogP contribution in [0.5, 0.6) is 5.75 Å². The Morgan fingerprint density at radius 1 is 1.09 bits per heavy atom. The second kappa shape index (κ2) is 8.69. The van der Waals surface area contributed by atoms with Gasteiger partial charge < -0.3 is 15.2 Å². The molecule has 1 unspecified atom stereocenters. The minimum Gasteiger partial charge on any atom is -0.496 e. The van der Waals surface area contributed by atoms with E-state index < -0.39 is 11.5 Å². The lowest BCUT2D eigenvalue weighted by atomic mass is 9.54. The molecule has 0 aromatic heterocycles. The van der Waals surface area contributed by atoms with E-state index in [4.69, 9.17) is 4.74 Å². The van der Waals surface area contributed by atoms with Gasteiger partial charge in [-0.05, 0) is 105 Å². The van der Waals surface area contributed by atoms with E-state index in [-0.39, 0.29) is 17.2 Å². The Balaban J connectivity index is 1.36. The molecular formula is C30H37NO4. The molecule has 2 aromatic rings. The van der Waals surface area contributed by atoms with Crippen LogP contribution >= 0.6 is 0 Å². The summed E-state index contributed by atoms with van der Waals surface area (Å²) in [6.07, 6.45) is 6.14. The highest BCUT2D eigenvalue weighted by Gasteiger charge is 2.57. The van der Waals surface area contributed by atoms with Gasteiger partial charge in [0, 0.05) is 11.5 Å². The number of aryl methyl sites for hydroxylation is 1. The van der Waals surface area contributed by atoms with Crippen LogP contribution in [0.1, 0.15) is 85.8 Å². The minimum absolute atomic E-state index is 0.000608. The van der Waals surface area contributed by atoms with Gasteiger partial charge in [0.15, 0.2) is 0 Å². The molecule has 0 spiro atoms. The van der Waals surface area contributed by atoms with Gasteiger partial charge in [0.2, 0.25) is 5.91 Å². The van der Waals surface area contributed by atoms with Gasteiger partial charge in [0.1, 0.15) is 5.75 Å². The molecule has 1 amide bonds. The Morgan fingerprint density at radius 3 is 2.60 bits per heavy atom. The lowest BCUT2D eigenvalue weighted by Gasteiger charge is -2.51. The van der Waals surface area contributed by atoms with Crippen molar-refractivity contribution in [1.29, 1.82) is 0 Å². The normalized spacial score (nSPS) is 29.5. The predicted molar refractivity (Wildman–Crippen MR) is 136 cm³/mol. The molecule has 0 radical (unpaired) electrons. The molecule has 5 heteroatoms. The highest BCUT2D eigenvalue weighted by molar-refractivity contribution is 5.88. The standard InChI is InChI=1S/C30H37NO4/c1-29(2,24-7-5-6-8-26(24)35-4)31-27(32)25-14-13-23-22-12-9-18-17-19(28(33)34)10-11-20(18)21(22)15-16-30(23,25)3/h5-8,10-11,17,21-23,25H,9,12-16H2,1-4H3,(H,31,32)(H,33,34)/t21-,22-,23+,25?,30+/m1/s1. The van der Waals surface area contributed by atoms with Crippen molar-refractivity contribution in [2.75, 3.05) is 7.11 Å². The van der Waals surface area contributed by atoms with Crippen molar-refractivity contribution >= 4 is 11.9 Å². The quantitative estimate of drug-likeness (QED) is 0.563. The first-order valence-electron chi connectivity index (χ1n) is 13.0. The third-order valence-corrected chi connectivity index (χ3v) is 9.51. The number of hydrogen-bond donors (Lipinski definition) is 2. The van der Waals surface area contributed by atoms with E-state index in [2.05, 4.69) is 32.2 Å². The summed E-state index contributed by atoms with van der Waals surface area (Å²) in [5.41, 5.74) is 3.41. The summed E-state index contributed by atoms with van der Waals surface area (Å²) in [5, 5.41) is 12.8. The summed E-state index contributed by atoms with van der Waals surface area (Å²) in [6.45, 7) is 6.46. The molecule has 186 valence electrons. The van der Waals surface area contributed by atoms with E-state index in [1.165, 1.54) is 11.1 Å². The molecule has 5 atom stereocenters. The Hall–Kier alpha value is -2.82. The summed E-state index contributed by atoms with van der Waals surface area (Å²) in [5.74, 6) is 1.68. The molecular weight excluding hydrogens is 438 g/mol. The van der Waals surface area contributed by atoms with Crippen LogP contribution in [0.15, 0.2) is 42.5 Å². The number of carboxylic acid groups (broad SMARTS) is 1. The molecule has 2 fully saturated rings. The Labute approximate surface area is 208 Å². The number of para-hydroxylation sites is 1. The van der Waals surface area contributed by atoms with Gasteiger partial charge >= 0.3 is 5.97 Å². The second-order valence-corrected chi connectivity index (χ2v) is 11.6. The monoisotopic (exact) mass is 475 g/mol. The number of ether oxygens (including phenoxy) is 1. The average molecular weight is 476 g/mol. The number of benzene rings is 2. The molecule has 2 saturated carbocycles. The van der Waals surface area contributed by atoms with Crippen LogP contribution in [0.3, 0.4) is 0 Å². The van der Waals surface area contributed by atoms with Gasteiger partial charge in [0.05, 0.1) is 18.2 Å². The molecule has 2 aromatic carbocycles. The molecule has 0 bridgehead atoms. The van der Waals surface area contributed by atoms with Crippen LogP contribution in [0.2, 0.25) is 0 Å². The Kier molecular flexibility index (Phi) is 5.93. The molecule has 5 nitrogen and oxygen atoms in total. The summed E-state index contributed by atoms with van der Waals surface area (Å²) in [6, 6.07) is 13.6. The minimum atomic E-state index is -0.855. The van der Waals surface area contributed by atoms with Crippen molar-refractivity contribution in [3.05, 3.63) is 64.7 Å². The number of rotatable bonds is 5. The number of carboxylic acids is 1. The summed E-state index contributed by atoms with van der Waals surface area (Å²) < 4.78 is 5.57. The first-order chi connectivity index (χ1) is 16.7. The maximum atomic E-state index is 13.7. The van der Waals surface area contributed by atoms with Crippen LogP contribution in [0.4, 0.5) is 0 Å². The SMILES string of the molecule is COc1ccccc1C(C)(C)NC(=O)C1CC[C@H]2[C@@H]3CCc4cc(C(=O)O)ccc4[C@H]3CC[C@]12C. The van der Waals surface area contributed by atoms with Crippen LogP contribution in [-0.4, -0.2) is 24.1 Å². The lowest BCUT2D eigenvalue weighted by molar-refractivity contribution is -0.132. The topological polar surface area (TPSA) is 75.6 Å². The molecule has 0 heterocycles. The molecule has 3 aliphatic rings. The van der Waals surface area contributed by atoms with Gasteiger partial charge in [-0.25, -0.2) is 4.79 Å². The first-order valence-corrected chi connectivity index (χ1v) is 13.0. The van der Waals surface area contributed by atoms with Crippen molar-refractivity contribution in [2.45, 2.75) is 70.8 Å². The number of fused-ring (bicyclic) bond motifs is 5. The zero-order chi connectivity index (χ0) is 25.0. The van der Waals surface area contributed by atoms with E-state index in [0.29, 0.717) is 23.3 Å². The van der Waals surface area contributed by atoms with Gasteiger partial charge in [-0.1, -0.05) is 31.2 Å². The molecule has 0 aliphatic heterocycles. The number of carbonyl (C=O) groups is 2. The fraction of sp³-hybridized carbons (Fsp3) is 0.533. The van der Waals surface area contributed by atoms with Gasteiger partial charge in [0.25, 0.3) is 0 Å². The van der Waals surface area contributed by atoms with Crippen LogP contribution in [0, 0.1) is 23.2 Å². The zero-order valence-electron chi connectivity index (χ0n) is 21.3. The highest BCUT2D eigenvalue weighted by atomic mass is 16.5. The molecule has 0 saturated heterocycles. The lowest BCUT2D eigenvalue weighted by Crippen LogP contribution is -2.50. The predicted octanol–water partition coefficient (Wildman–Crippen LogP) is 5.92. The first kappa shape index (κ1) is 23.9.